The highest BCUT2D eigenvalue weighted by atomic mass is 35.5. The SMILES string of the molecule is Cc1cnc(CNCc2cc(F)cc(Cl)c2)cn1. The summed E-state index contributed by atoms with van der Waals surface area (Å²) < 4.78 is 13.1. The van der Waals surface area contributed by atoms with E-state index in [1.165, 1.54) is 12.1 Å². The van der Waals surface area contributed by atoms with Gasteiger partial charge in [-0.2, -0.15) is 0 Å². The van der Waals surface area contributed by atoms with E-state index in [2.05, 4.69) is 15.3 Å². The van der Waals surface area contributed by atoms with Crippen LogP contribution >= 0.6 is 11.6 Å². The highest BCUT2D eigenvalue weighted by Crippen LogP contribution is 2.13. The fraction of sp³-hybridized carbons (Fsp3) is 0.231. The Balaban J connectivity index is 1.90. The third-order valence-corrected chi connectivity index (χ3v) is 2.61. The molecule has 0 amide bonds. The van der Waals surface area contributed by atoms with E-state index < -0.39 is 0 Å². The van der Waals surface area contributed by atoms with E-state index in [-0.39, 0.29) is 5.82 Å². The van der Waals surface area contributed by atoms with Crippen LogP contribution in [-0.4, -0.2) is 9.97 Å². The molecule has 18 heavy (non-hydrogen) atoms. The third kappa shape index (κ3) is 3.75. The Morgan fingerprint density at radius 1 is 1.17 bits per heavy atom. The van der Waals surface area contributed by atoms with Crippen molar-refractivity contribution in [3.63, 3.8) is 0 Å². The van der Waals surface area contributed by atoms with Crippen LogP contribution in [0.2, 0.25) is 5.02 Å². The molecule has 3 nitrogen and oxygen atoms in total. The molecule has 0 spiro atoms. The molecule has 1 aromatic carbocycles. The molecule has 2 rings (SSSR count). The van der Waals surface area contributed by atoms with Gasteiger partial charge in [0.1, 0.15) is 5.82 Å². The lowest BCUT2D eigenvalue weighted by Crippen LogP contribution is -2.14. The van der Waals surface area contributed by atoms with Crippen molar-refractivity contribution in [2.45, 2.75) is 20.0 Å². The Bertz CT molecular complexity index is 508. The van der Waals surface area contributed by atoms with Gasteiger partial charge in [0.2, 0.25) is 0 Å². The average molecular weight is 266 g/mol. The van der Waals surface area contributed by atoms with Crippen LogP contribution in [0.25, 0.3) is 0 Å². The Hall–Kier alpha value is -1.52. The number of hydrogen-bond donors (Lipinski definition) is 1. The molecule has 0 unspecified atom stereocenters. The Kier molecular flexibility index (Phi) is 4.23. The third-order valence-electron chi connectivity index (χ3n) is 2.39. The number of nitrogens with one attached hydrogen (secondary N) is 1. The zero-order chi connectivity index (χ0) is 13.0. The van der Waals surface area contributed by atoms with E-state index in [1.807, 2.05) is 6.92 Å². The second-order valence-electron chi connectivity index (χ2n) is 4.03. The minimum Gasteiger partial charge on any atom is -0.307 e. The summed E-state index contributed by atoms with van der Waals surface area (Å²) in [7, 11) is 0. The summed E-state index contributed by atoms with van der Waals surface area (Å²) in [5.74, 6) is -0.325. The van der Waals surface area contributed by atoms with Gasteiger partial charge in [0, 0.05) is 30.5 Å². The van der Waals surface area contributed by atoms with Gasteiger partial charge in [-0.3, -0.25) is 9.97 Å². The Morgan fingerprint density at radius 3 is 2.67 bits per heavy atom. The van der Waals surface area contributed by atoms with Crippen LogP contribution in [-0.2, 0) is 13.1 Å². The van der Waals surface area contributed by atoms with Crippen LogP contribution in [0.15, 0.2) is 30.6 Å². The van der Waals surface area contributed by atoms with Crippen molar-refractivity contribution < 1.29 is 4.39 Å². The maximum atomic E-state index is 13.1. The predicted molar refractivity (Wildman–Crippen MR) is 68.7 cm³/mol. The fourth-order valence-electron chi connectivity index (χ4n) is 1.56. The highest BCUT2D eigenvalue weighted by Gasteiger charge is 2.00. The van der Waals surface area contributed by atoms with Gasteiger partial charge in [0.15, 0.2) is 0 Å². The van der Waals surface area contributed by atoms with Gasteiger partial charge in [-0.05, 0) is 30.7 Å². The number of benzene rings is 1. The average Bonchev–Trinajstić information content (AvgIpc) is 2.30. The molecule has 0 aliphatic heterocycles. The van der Waals surface area contributed by atoms with E-state index in [1.54, 1.807) is 18.5 Å². The van der Waals surface area contributed by atoms with Gasteiger partial charge in [-0.1, -0.05) is 11.6 Å². The lowest BCUT2D eigenvalue weighted by molar-refractivity contribution is 0.619. The van der Waals surface area contributed by atoms with Crippen LogP contribution in [0.5, 0.6) is 0 Å². The van der Waals surface area contributed by atoms with E-state index in [0.29, 0.717) is 18.1 Å². The molecule has 1 N–H and O–H groups in total. The summed E-state index contributed by atoms with van der Waals surface area (Å²) in [6, 6.07) is 4.48. The van der Waals surface area contributed by atoms with Crippen molar-refractivity contribution in [2.24, 2.45) is 0 Å². The van der Waals surface area contributed by atoms with Crippen molar-refractivity contribution >= 4 is 11.6 Å². The first kappa shape index (κ1) is 12.9. The fourth-order valence-corrected chi connectivity index (χ4v) is 1.80. The van der Waals surface area contributed by atoms with Gasteiger partial charge in [-0.15, -0.1) is 0 Å². The first-order chi connectivity index (χ1) is 8.63. The largest absolute Gasteiger partial charge is 0.307 e. The molecule has 0 saturated heterocycles. The number of aromatic nitrogens is 2. The van der Waals surface area contributed by atoms with E-state index >= 15 is 0 Å². The van der Waals surface area contributed by atoms with Crippen molar-refractivity contribution in [2.75, 3.05) is 0 Å². The Morgan fingerprint density at radius 2 is 2.00 bits per heavy atom. The van der Waals surface area contributed by atoms with Crippen molar-refractivity contribution in [1.29, 1.82) is 0 Å². The highest BCUT2D eigenvalue weighted by molar-refractivity contribution is 6.30. The molecule has 0 radical (unpaired) electrons. The topological polar surface area (TPSA) is 37.8 Å². The van der Waals surface area contributed by atoms with E-state index in [9.17, 15) is 4.39 Å². The molecule has 0 fully saturated rings. The maximum Gasteiger partial charge on any atom is 0.125 e. The summed E-state index contributed by atoms with van der Waals surface area (Å²) in [5, 5.41) is 3.57. The first-order valence-corrected chi connectivity index (χ1v) is 5.94. The van der Waals surface area contributed by atoms with E-state index in [4.69, 9.17) is 11.6 Å². The standard InChI is InChI=1S/C13H13ClFN3/c1-9-5-18-13(8-17-9)7-16-6-10-2-11(14)4-12(15)3-10/h2-5,8,16H,6-7H2,1H3. The van der Waals surface area contributed by atoms with Crippen molar-refractivity contribution in [3.05, 3.63) is 58.4 Å². The second-order valence-corrected chi connectivity index (χ2v) is 4.47. The minimum atomic E-state index is -0.325. The molecule has 94 valence electrons. The van der Waals surface area contributed by atoms with Gasteiger partial charge in [-0.25, -0.2) is 4.39 Å². The monoisotopic (exact) mass is 265 g/mol. The molecule has 0 bridgehead atoms. The summed E-state index contributed by atoms with van der Waals surface area (Å²) in [6.07, 6.45) is 3.44. The van der Waals surface area contributed by atoms with Gasteiger partial charge in [0.05, 0.1) is 11.4 Å². The quantitative estimate of drug-likeness (QED) is 0.924. The van der Waals surface area contributed by atoms with Crippen LogP contribution in [0.3, 0.4) is 0 Å². The molecular weight excluding hydrogens is 253 g/mol. The molecule has 5 heteroatoms. The molecule has 1 aromatic heterocycles. The maximum absolute atomic E-state index is 13.1. The molecule has 0 aliphatic carbocycles. The second kappa shape index (κ2) is 5.89. The molecule has 1 heterocycles. The minimum absolute atomic E-state index is 0.325. The molecule has 0 atom stereocenters. The summed E-state index contributed by atoms with van der Waals surface area (Å²) >= 11 is 5.77. The molecule has 0 aliphatic rings. The lowest BCUT2D eigenvalue weighted by Gasteiger charge is -2.05. The number of hydrogen-bond acceptors (Lipinski definition) is 3. The van der Waals surface area contributed by atoms with Crippen LogP contribution in [0.4, 0.5) is 4.39 Å². The summed E-state index contributed by atoms with van der Waals surface area (Å²) in [6.45, 7) is 3.01. The van der Waals surface area contributed by atoms with Gasteiger partial charge in [0.25, 0.3) is 0 Å². The van der Waals surface area contributed by atoms with Crippen molar-refractivity contribution in [1.82, 2.24) is 15.3 Å². The zero-order valence-electron chi connectivity index (χ0n) is 9.95. The van der Waals surface area contributed by atoms with Gasteiger partial charge >= 0.3 is 0 Å². The number of rotatable bonds is 4. The molecular formula is C13H13ClFN3. The predicted octanol–water partition coefficient (Wildman–Crippen LogP) is 2.87. The van der Waals surface area contributed by atoms with E-state index in [0.717, 1.165) is 17.0 Å². The Labute approximate surface area is 110 Å². The lowest BCUT2D eigenvalue weighted by atomic mass is 10.2. The number of nitrogens with zero attached hydrogens (tertiary/aromatic N) is 2. The van der Waals surface area contributed by atoms with Crippen LogP contribution in [0, 0.1) is 12.7 Å². The normalized spacial score (nSPS) is 10.6. The van der Waals surface area contributed by atoms with Crippen LogP contribution in [0.1, 0.15) is 17.0 Å². The molecule has 0 saturated carbocycles. The first-order valence-electron chi connectivity index (χ1n) is 5.57. The summed E-state index contributed by atoms with van der Waals surface area (Å²) in [5.41, 5.74) is 2.54. The zero-order valence-corrected chi connectivity index (χ0v) is 10.7. The smallest absolute Gasteiger partial charge is 0.125 e. The molecule has 2 aromatic rings. The number of halogens is 2. The van der Waals surface area contributed by atoms with Crippen molar-refractivity contribution in [3.8, 4) is 0 Å². The van der Waals surface area contributed by atoms with Gasteiger partial charge < -0.3 is 5.32 Å². The van der Waals surface area contributed by atoms with Crippen LogP contribution < -0.4 is 5.32 Å². The summed E-state index contributed by atoms with van der Waals surface area (Å²) in [4.78, 5) is 8.37. The number of aryl methyl sites for hydroxylation is 1.